The van der Waals surface area contributed by atoms with Crippen LogP contribution in [0.4, 0.5) is 4.39 Å². The second kappa shape index (κ2) is 6.74. The van der Waals surface area contributed by atoms with Crippen LogP contribution in [-0.2, 0) is 4.79 Å². The van der Waals surface area contributed by atoms with Crippen LogP contribution < -0.4 is 10.5 Å². The van der Waals surface area contributed by atoms with Gasteiger partial charge in [0.25, 0.3) is 5.91 Å². The Hall–Kier alpha value is -1.91. The minimum Gasteiger partial charge on any atom is -0.493 e. The van der Waals surface area contributed by atoms with Crippen LogP contribution in [0.2, 0.25) is 0 Å². The molecule has 1 aromatic rings. The van der Waals surface area contributed by atoms with E-state index in [0.717, 1.165) is 18.9 Å². The van der Waals surface area contributed by atoms with Crippen molar-refractivity contribution in [2.75, 3.05) is 6.61 Å². The number of benzene rings is 1. The summed E-state index contributed by atoms with van der Waals surface area (Å²) >= 11 is 0. The minimum absolute atomic E-state index is 0.145. The third-order valence-electron chi connectivity index (χ3n) is 2.40. The number of unbranched alkanes of at least 4 members (excludes halogenated alkanes) is 1. The molecule has 0 radical (unpaired) electrons. The van der Waals surface area contributed by atoms with Crippen molar-refractivity contribution < 1.29 is 18.7 Å². The average molecular weight is 253 g/mol. The summed E-state index contributed by atoms with van der Waals surface area (Å²) in [6.07, 6.45) is 1.99. The molecular weight excluding hydrogens is 237 g/mol. The van der Waals surface area contributed by atoms with Gasteiger partial charge in [-0.3, -0.25) is 4.79 Å². The Morgan fingerprint density at radius 1 is 1.33 bits per heavy atom. The van der Waals surface area contributed by atoms with E-state index in [4.69, 9.17) is 10.5 Å². The Morgan fingerprint density at radius 2 is 2.06 bits per heavy atom. The molecule has 0 saturated carbocycles. The Labute approximate surface area is 105 Å². The molecule has 0 aliphatic rings. The molecule has 0 aromatic heterocycles. The fourth-order valence-corrected chi connectivity index (χ4v) is 1.45. The number of ketones is 1. The number of carbonyl (C=O) groups excluding carboxylic acids is 2. The van der Waals surface area contributed by atoms with Crippen molar-refractivity contribution in [3.63, 3.8) is 0 Å². The standard InChI is InChI=1S/C13H16FNO3/c1-9(16)4-2-3-7-18-10-5-6-11(13(15)17)12(14)8-10/h5-6,8H,2-4,7H2,1H3,(H2,15,17). The van der Waals surface area contributed by atoms with Gasteiger partial charge in [0, 0.05) is 12.5 Å². The predicted octanol–water partition coefficient (Wildman–Crippen LogP) is 2.06. The van der Waals surface area contributed by atoms with Crippen LogP contribution in [0.15, 0.2) is 18.2 Å². The van der Waals surface area contributed by atoms with E-state index in [1.807, 2.05) is 0 Å². The molecule has 5 heteroatoms. The predicted molar refractivity (Wildman–Crippen MR) is 64.9 cm³/mol. The lowest BCUT2D eigenvalue weighted by molar-refractivity contribution is -0.117. The highest BCUT2D eigenvalue weighted by Crippen LogP contribution is 2.16. The lowest BCUT2D eigenvalue weighted by atomic mass is 10.2. The van der Waals surface area contributed by atoms with Gasteiger partial charge < -0.3 is 15.3 Å². The van der Waals surface area contributed by atoms with Gasteiger partial charge in [0.15, 0.2) is 0 Å². The molecule has 0 unspecified atom stereocenters. The monoisotopic (exact) mass is 253 g/mol. The number of amides is 1. The summed E-state index contributed by atoms with van der Waals surface area (Å²) < 4.78 is 18.7. The van der Waals surface area contributed by atoms with Crippen molar-refractivity contribution in [1.82, 2.24) is 0 Å². The molecule has 1 aromatic carbocycles. The van der Waals surface area contributed by atoms with Gasteiger partial charge in [-0.05, 0) is 31.9 Å². The normalized spacial score (nSPS) is 10.1. The fourth-order valence-electron chi connectivity index (χ4n) is 1.45. The van der Waals surface area contributed by atoms with E-state index >= 15 is 0 Å². The molecule has 98 valence electrons. The summed E-state index contributed by atoms with van der Waals surface area (Å²) in [7, 11) is 0. The van der Waals surface area contributed by atoms with Gasteiger partial charge in [-0.1, -0.05) is 0 Å². The summed E-state index contributed by atoms with van der Waals surface area (Å²) in [5, 5.41) is 0. The third-order valence-corrected chi connectivity index (χ3v) is 2.40. The van der Waals surface area contributed by atoms with Crippen molar-refractivity contribution >= 4 is 11.7 Å². The van der Waals surface area contributed by atoms with Crippen LogP contribution >= 0.6 is 0 Å². The van der Waals surface area contributed by atoms with E-state index in [0.29, 0.717) is 18.8 Å². The molecule has 0 spiro atoms. The quantitative estimate of drug-likeness (QED) is 0.756. The van der Waals surface area contributed by atoms with Gasteiger partial charge in [-0.25, -0.2) is 4.39 Å². The molecule has 4 nitrogen and oxygen atoms in total. The molecule has 0 saturated heterocycles. The smallest absolute Gasteiger partial charge is 0.251 e. The topological polar surface area (TPSA) is 69.4 Å². The number of ether oxygens (including phenoxy) is 1. The van der Waals surface area contributed by atoms with Crippen molar-refractivity contribution in [2.24, 2.45) is 5.73 Å². The zero-order valence-electron chi connectivity index (χ0n) is 10.2. The maximum absolute atomic E-state index is 13.4. The Bertz CT molecular complexity index is 446. The SMILES string of the molecule is CC(=O)CCCCOc1ccc(C(N)=O)c(F)c1. The molecule has 0 aliphatic carbocycles. The molecule has 0 fully saturated rings. The van der Waals surface area contributed by atoms with Crippen molar-refractivity contribution in [3.05, 3.63) is 29.6 Å². The van der Waals surface area contributed by atoms with Crippen LogP contribution in [0, 0.1) is 5.82 Å². The summed E-state index contributed by atoms with van der Waals surface area (Å²) in [6, 6.07) is 3.92. The molecule has 1 rings (SSSR count). The van der Waals surface area contributed by atoms with Crippen molar-refractivity contribution in [2.45, 2.75) is 26.2 Å². The summed E-state index contributed by atoms with van der Waals surface area (Å²) in [5.74, 6) is -1.00. The number of hydrogen-bond donors (Lipinski definition) is 1. The van der Waals surface area contributed by atoms with E-state index in [-0.39, 0.29) is 11.3 Å². The van der Waals surface area contributed by atoms with Crippen LogP contribution in [0.5, 0.6) is 5.75 Å². The van der Waals surface area contributed by atoms with E-state index < -0.39 is 11.7 Å². The van der Waals surface area contributed by atoms with E-state index in [2.05, 4.69) is 0 Å². The molecule has 18 heavy (non-hydrogen) atoms. The van der Waals surface area contributed by atoms with Crippen LogP contribution in [0.1, 0.15) is 36.5 Å². The first-order valence-electron chi connectivity index (χ1n) is 5.72. The fraction of sp³-hybridized carbons (Fsp3) is 0.385. The zero-order chi connectivity index (χ0) is 13.5. The van der Waals surface area contributed by atoms with E-state index in [1.165, 1.54) is 12.1 Å². The largest absolute Gasteiger partial charge is 0.493 e. The van der Waals surface area contributed by atoms with Gasteiger partial charge in [-0.2, -0.15) is 0 Å². The van der Waals surface area contributed by atoms with Gasteiger partial charge in [-0.15, -0.1) is 0 Å². The maximum Gasteiger partial charge on any atom is 0.251 e. The molecule has 0 aliphatic heterocycles. The number of rotatable bonds is 7. The number of Topliss-reactive ketones (excluding diaryl/α,β-unsaturated/α-hetero) is 1. The summed E-state index contributed by atoms with van der Waals surface area (Å²) in [5.41, 5.74) is 4.83. The minimum atomic E-state index is -0.805. The summed E-state index contributed by atoms with van der Waals surface area (Å²) in [6.45, 7) is 1.95. The van der Waals surface area contributed by atoms with Crippen LogP contribution in [0.3, 0.4) is 0 Å². The number of nitrogens with two attached hydrogens (primary N) is 1. The molecule has 0 bridgehead atoms. The Kier molecular flexibility index (Phi) is 5.30. The number of hydrogen-bond acceptors (Lipinski definition) is 3. The van der Waals surface area contributed by atoms with E-state index in [9.17, 15) is 14.0 Å². The number of halogens is 1. The Morgan fingerprint density at radius 3 is 2.61 bits per heavy atom. The average Bonchev–Trinajstić information content (AvgIpc) is 2.27. The molecule has 0 atom stereocenters. The second-order valence-corrected chi connectivity index (χ2v) is 4.01. The molecule has 0 heterocycles. The summed E-state index contributed by atoms with van der Waals surface area (Å²) in [4.78, 5) is 21.5. The Balaban J connectivity index is 2.42. The number of primary amides is 1. The first kappa shape index (κ1) is 14.2. The second-order valence-electron chi connectivity index (χ2n) is 4.01. The lowest BCUT2D eigenvalue weighted by Gasteiger charge is -2.06. The van der Waals surface area contributed by atoms with Gasteiger partial charge in [0.05, 0.1) is 12.2 Å². The maximum atomic E-state index is 13.4. The highest BCUT2D eigenvalue weighted by atomic mass is 19.1. The van der Waals surface area contributed by atoms with E-state index in [1.54, 1.807) is 6.92 Å². The van der Waals surface area contributed by atoms with Crippen LogP contribution in [-0.4, -0.2) is 18.3 Å². The van der Waals surface area contributed by atoms with Gasteiger partial charge in [0.2, 0.25) is 0 Å². The van der Waals surface area contributed by atoms with Crippen molar-refractivity contribution in [3.8, 4) is 5.75 Å². The molecular formula is C13H16FNO3. The molecule has 1 amide bonds. The number of carbonyl (C=O) groups is 2. The van der Waals surface area contributed by atoms with Crippen molar-refractivity contribution in [1.29, 1.82) is 0 Å². The third kappa shape index (κ3) is 4.53. The lowest BCUT2D eigenvalue weighted by Crippen LogP contribution is -2.13. The highest BCUT2D eigenvalue weighted by molar-refractivity contribution is 5.93. The molecule has 2 N–H and O–H groups in total. The first-order valence-corrected chi connectivity index (χ1v) is 5.72. The van der Waals surface area contributed by atoms with Gasteiger partial charge in [0.1, 0.15) is 17.3 Å². The highest BCUT2D eigenvalue weighted by Gasteiger charge is 2.08. The van der Waals surface area contributed by atoms with Gasteiger partial charge >= 0.3 is 0 Å². The first-order chi connectivity index (χ1) is 8.50. The zero-order valence-corrected chi connectivity index (χ0v) is 10.2. The van der Waals surface area contributed by atoms with Crippen LogP contribution in [0.25, 0.3) is 0 Å².